The molecule has 1 aromatic heterocycles. The molecule has 4 aliphatic rings. The lowest BCUT2D eigenvalue weighted by molar-refractivity contribution is -0.0973. The maximum atomic E-state index is 15.2. The molecular weight excluding hydrogens is 486 g/mol. The van der Waals surface area contributed by atoms with E-state index in [-0.39, 0.29) is 30.0 Å². The molecule has 2 saturated carbocycles. The van der Waals surface area contributed by atoms with Gasteiger partial charge in [0.05, 0.1) is 0 Å². The average molecular weight is 527 g/mol. The van der Waals surface area contributed by atoms with E-state index >= 15 is 8.78 Å². The number of aromatic nitrogens is 2. The van der Waals surface area contributed by atoms with Gasteiger partial charge in [-0.25, -0.2) is 13.6 Å². The van der Waals surface area contributed by atoms with E-state index in [1.165, 1.54) is 11.5 Å². The monoisotopic (exact) mass is 526 g/mol. The molecule has 0 bridgehead atoms. The number of alkyl halides is 2. The molecule has 11 heteroatoms. The van der Waals surface area contributed by atoms with Crippen LogP contribution in [0.5, 0.6) is 5.19 Å². The van der Waals surface area contributed by atoms with Gasteiger partial charge in [0.15, 0.2) is 5.82 Å². The highest BCUT2D eigenvalue weighted by atomic mass is 32.1. The summed E-state index contributed by atoms with van der Waals surface area (Å²) in [6.45, 7) is 10.7. The summed E-state index contributed by atoms with van der Waals surface area (Å²) in [6, 6.07) is -1.40. The third-order valence-corrected chi connectivity index (χ3v) is 9.18. The number of halogens is 2. The second kappa shape index (κ2) is 10.3. The van der Waals surface area contributed by atoms with Crippen LogP contribution < -0.4 is 10.1 Å². The Labute approximate surface area is 216 Å². The first-order chi connectivity index (χ1) is 17.1. The van der Waals surface area contributed by atoms with Crippen LogP contribution in [0.15, 0.2) is 0 Å². The number of rotatable bonds is 6. The first-order valence-electron chi connectivity index (χ1n) is 13.6. The van der Waals surface area contributed by atoms with E-state index < -0.39 is 12.0 Å². The Morgan fingerprint density at radius 1 is 1.08 bits per heavy atom. The molecule has 202 valence electrons. The summed E-state index contributed by atoms with van der Waals surface area (Å²) in [5.41, 5.74) is -0.244. The molecular formula is C25H40F2N6O2S. The van der Waals surface area contributed by atoms with Crippen LogP contribution in [0.3, 0.4) is 0 Å². The number of piperazine rings is 1. The normalized spacial score (nSPS) is 29.3. The van der Waals surface area contributed by atoms with Gasteiger partial charge < -0.3 is 15.0 Å². The highest BCUT2D eigenvalue weighted by Crippen LogP contribution is 2.38. The average Bonchev–Trinajstić information content (AvgIpc) is 3.53. The summed E-state index contributed by atoms with van der Waals surface area (Å²) >= 11 is 1.29. The predicted molar refractivity (Wildman–Crippen MR) is 135 cm³/mol. The van der Waals surface area contributed by atoms with Crippen LogP contribution in [0.25, 0.3) is 0 Å². The Hall–Kier alpha value is -1.59. The molecule has 0 spiro atoms. The molecule has 2 saturated heterocycles. The molecule has 2 amide bonds. The van der Waals surface area contributed by atoms with Crippen molar-refractivity contribution in [3.05, 3.63) is 5.82 Å². The smallest absolute Gasteiger partial charge is 0.317 e. The molecule has 0 unspecified atom stereocenters. The second-order valence-electron chi connectivity index (χ2n) is 11.6. The van der Waals surface area contributed by atoms with Crippen molar-refractivity contribution < 1.29 is 18.3 Å². The van der Waals surface area contributed by atoms with E-state index in [9.17, 15) is 4.79 Å². The maximum Gasteiger partial charge on any atom is 0.317 e. The van der Waals surface area contributed by atoms with E-state index in [0.717, 1.165) is 44.8 Å². The Morgan fingerprint density at radius 3 is 2.42 bits per heavy atom. The van der Waals surface area contributed by atoms with Gasteiger partial charge >= 0.3 is 6.03 Å². The predicted octanol–water partition coefficient (Wildman–Crippen LogP) is 3.72. The molecule has 1 aromatic rings. The van der Waals surface area contributed by atoms with Crippen LogP contribution in [0, 0.1) is 0 Å². The third kappa shape index (κ3) is 5.62. The topological polar surface area (TPSA) is 73.8 Å². The fourth-order valence-electron chi connectivity index (χ4n) is 5.81. The van der Waals surface area contributed by atoms with Gasteiger partial charge in [0.2, 0.25) is 0 Å². The van der Waals surface area contributed by atoms with Crippen LogP contribution in [-0.4, -0.2) is 99.5 Å². The number of hydrogen-bond acceptors (Lipinski definition) is 7. The van der Waals surface area contributed by atoms with Crippen LogP contribution in [0.4, 0.5) is 13.6 Å². The molecule has 2 aliphatic heterocycles. The quantitative estimate of drug-likeness (QED) is 0.609. The summed E-state index contributed by atoms with van der Waals surface area (Å²) < 4.78 is 40.6. The zero-order valence-corrected chi connectivity index (χ0v) is 22.5. The molecule has 1 N–H and O–H groups in total. The molecule has 2 aliphatic carbocycles. The Bertz CT molecular complexity index is 910. The standard InChI is InChI=1S/C25H40F2N6O2S/c1-17(2)31-13-15-32(16-14-31)19-5-4-8-25(26,27)20(19)28-22(34)33-11-9-24(3,10-12-33)21-29-23(36-30-21)35-18-6-7-18/h17-20H,4-16H2,1-3H3,(H,28,34)/t19-,20+/m0/s1. The van der Waals surface area contributed by atoms with E-state index in [1.54, 1.807) is 4.90 Å². The highest BCUT2D eigenvalue weighted by molar-refractivity contribution is 7.07. The van der Waals surface area contributed by atoms with Gasteiger partial charge in [0.25, 0.3) is 11.1 Å². The summed E-state index contributed by atoms with van der Waals surface area (Å²) in [7, 11) is 0. The van der Waals surface area contributed by atoms with Gasteiger partial charge in [-0.1, -0.05) is 6.92 Å². The molecule has 0 aromatic carbocycles. The number of hydrogen-bond donors (Lipinski definition) is 1. The van der Waals surface area contributed by atoms with Gasteiger partial charge in [-0.05, 0) is 52.4 Å². The van der Waals surface area contributed by atoms with Gasteiger partial charge in [0.1, 0.15) is 12.1 Å². The van der Waals surface area contributed by atoms with Crippen LogP contribution in [-0.2, 0) is 5.41 Å². The second-order valence-corrected chi connectivity index (χ2v) is 12.3. The molecule has 3 heterocycles. The molecule has 4 fully saturated rings. The van der Waals surface area contributed by atoms with Crippen LogP contribution in [0.1, 0.15) is 71.5 Å². The van der Waals surface area contributed by atoms with Crippen molar-refractivity contribution in [2.45, 2.75) is 101 Å². The lowest BCUT2D eigenvalue weighted by Gasteiger charge is -2.48. The van der Waals surface area contributed by atoms with Crippen LogP contribution >= 0.6 is 11.5 Å². The molecule has 0 radical (unpaired) electrons. The largest absolute Gasteiger partial charge is 0.466 e. The first-order valence-corrected chi connectivity index (χ1v) is 14.3. The third-order valence-electron chi connectivity index (χ3n) is 8.57. The number of nitrogens with one attached hydrogen (secondary N) is 1. The lowest BCUT2D eigenvalue weighted by atomic mass is 9.79. The van der Waals surface area contributed by atoms with Gasteiger partial charge in [0, 0.05) is 74.7 Å². The van der Waals surface area contributed by atoms with Gasteiger partial charge in [-0.15, -0.1) is 0 Å². The van der Waals surface area contributed by atoms with E-state index in [1.807, 2.05) is 0 Å². The SMILES string of the molecule is CC(C)N1CCN([C@H]2CCCC(F)(F)[C@@H]2NC(=O)N2CCC(C)(c3nsc(OC4CC4)n3)CC2)CC1. The van der Waals surface area contributed by atoms with Crippen molar-refractivity contribution in [3.63, 3.8) is 0 Å². The summed E-state index contributed by atoms with van der Waals surface area (Å²) in [4.78, 5) is 24.1. The Balaban J connectivity index is 1.19. The van der Waals surface area contributed by atoms with Crippen molar-refractivity contribution >= 4 is 17.6 Å². The fraction of sp³-hybridized carbons (Fsp3) is 0.880. The number of urea groups is 1. The zero-order chi connectivity index (χ0) is 25.5. The highest BCUT2D eigenvalue weighted by Gasteiger charge is 2.50. The minimum absolute atomic E-state index is 0.167. The number of ether oxygens (including phenoxy) is 1. The van der Waals surface area contributed by atoms with Crippen molar-refractivity contribution in [2.24, 2.45) is 0 Å². The van der Waals surface area contributed by atoms with E-state index in [4.69, 9.17) is 4.74 Å². The molecule has 5 rings (SSSR count). The first kappa shape index (κ1) is 26.0. The summed E-state index contributed by atoms with van der Waals surface area (Å²) in [5.74, 6) is -2.14. The van der Waals surface area contributed by atoms with E-state index in [2.05, 4.69) is 45.2 Å². The van der Waals surface area contributed by atoms with Gasteiger partial charge in [-0.3, -0.25) is 9.80 Å². The summed E-state index contributed by atoms with van der Waals surface area (Å²) in [5, 5.41) is 3.41. The van der Waals surface area contributed by atoms with Crippen molar-refractivity contribution in [1.82, 2.24) is 29.4 Å². The Kier molecular flexibility index (Phi) is 7.44. The Morgan fingerprint density at radius 2 is 1.78 bits per heavy atom. The zero-order valence-electron chi connectivity index (χ0n) is 21.7. The number of amides is 2. The molecule has 2 atom stereocenters. The number of likely N-dealkylation sites (tertiary alicyclic amines) is 1. The number of nitrogens with zero attached hydrogens (tertiary/aromatic N) is 5. The minimum atomic E-state index is -2.90. The van der Waals surface area contributed by atoms with Crippen molar-refractivity contribution in [2.75, 3.05) is 39.3 Å². The van der Waals surface area contributed by atoms with Crippen molar-refractivity contribution in [3.8, 4) is 5.19 Å². The number of carbonyl (C=O) groups excluding carboxylic acids is 1. The minimum Gasteiger partial charge on any atom is -0.466 e. The van der Waals surface area contributed by atoms with Gasteiger partial charge in [-0.2, -0.15) is 9.36 Å². The molecule has 36 heavy (non-hydrogen) atoms. The van der Waals surface area contributed by atoms with Crippen LogP contribution in [0.2, 0.25) is 0 Å². The van der Waals surface area contributed by atoms with Crippen molar-refractivity contribution in [1.29, 1.82) is 0 Å². The fourth-order valence-corrected chi connectivity index (χ4v) is 6.55. The van der Waals surface area contributed by atoms with E-state index in [0.29, 0.717) is 50.0 Å². The molecule has 8 nitrogen and oxygen atoms in total. The maximum absolute atomic E-state index is 15.2. The number of piperidine rings is 1. The summed E-state index contributed by atoms with van der Waals surface area (Å²) in [6.07, 6.45) is 4.84. The number of carbonyl (C=O) groups is 1. The lowest BCUT2D eigenvalue weighted by Crippen LogP contribution is -2.66.